The Kier molecular flexibility index (Phi) is 6.05. The number of aromatic amines is 1. The topological polar surface area (TPSA) is 70.7 Å². The molecule has 0 aliphatic heterocycles. The molecule has 0 aliphatic rings. The first-order chi connectivity index (χ1) is 12.5. The maximum atomic E-state index is 13.0. The predicted molar refractivity (Wildman–Crippen MR) is 104 cm³/mol. The van der Waals surface area contributed by atoms with Gasteiger partial charge in [0.1, 0.15) is 5.82 Å². The third-order valence-corrected chi connectivity index (χ3v) is 5.36. The Hall–Kier alpha value is -2.19. The van der Waals surface area contributed by atoms with E-state index in [2.05, 4.69) is 36.4 Å². The van der Waals surface area contributed by atoms with Crippen LogP contribution in [0.3, 0.4) is 0 Å². The van der Waals surface area contributed by atoms with Gasteiger partial charge in [-0.25, -0.2) is 9.37 Å². The van der Waals surface area contributed by atoms with Crippen molar-refractivity contribution in [1.29, 1.82) is 0 Å². The number of anilines is 1. The van der Waals surface area contributed by atoms with Gasteiger partial charge >= 0.3 is 0 Å². The van der Waals surface area contributed by atoms with Crippen LogP contribution in [0.4, 0.5) is 10.1 Å². The summed E-state index contributed by atoms with van der Waals surface area (Å²) in [7, 11) is 0. The number of benzene rings is 2. The highest BCUT2D eigenvalue weighted by Gasteiger charge is 2.20. The molecule has 0 fully saturated rings. The van der Waals surface area contributed by atoms with Crippen molar-refractivity contribution in [1.82, 2.24) is 15.2 Å². The molecule has 26 heavy (non-hydrogen) atoms. The van der Waals surface area contributed by atoms with Crippen LogP contribution in [0.5, 0.6) is 0 Å². The molecule has 5 nitrogen and oxygen atoms in total. The summed E-state index contributed by atoms with van der Waals surface area (Å²) in [5, 5.41) is 10.0. The van der Waals surface area contributed by atoms with E-state index in [1.807, 2.05) is 31.2 Å². The van der Waals surface area contributed by atoms with E-state index in [0.29, 0.717) is 23.1 Å². The standard InChI is InChI=1S/C18H16BrFN4OS/c1-2-15(17(25)21-14-9-7-13(20)8-10-14)26-18-22-16(23-24-18)11-3-5-12(19)6-4-11/h3-10,15H,2H2,1H3,(H,21,25)(H,22,23,24)/t15-/m0/s1. The second-order valence-electron chi connectivity index (χ2n) is 5.48. The number of aromatic nitrogens is 3. The lowest BCUT2D eigenvalue weighted by Gasteiger charge is -2.12. The van der Waals surface area contributed by atoms with Crippen molar-refractivity contribution in [3.05, 3.63) is 58.8 Å². The smallest absolute Gasteiger partial charge is 0.237 e. The molecule has 0 aliphatic carbocycles. The van der Waals surface area contributed by atoms with E-state index in [-0.39, 0.29) is 17.0 Å². The average molecular weight is 435 g/mol. The summed E-state index contributed by atoms with van der Waals surface area (Å²) in [5.41, 5.74) is 1.47. The molecule has 2 N–H and O–H groups in total. The van der Waals surface area contributed by atoms with Gasteiger partial charge in [0.2, 0.25) is 11.1 Å². The summed E-state index contributed by atoms with van der Waals surface area (Å²) >= 11 is 4.69. The molecule has 3 aromatic rings. The fraction of sp³-hybridized carbons (Fsp3) is 0.167. The van der Waals surface area contributed by atoms with Crippen molar-refractivity contribution in [2.75, 3.05) is 5.32 Å². The van der Waals surface area contributed by atoms with E-state index < -0.39 is 0 Å². The van der Waals surface area contributed by atoms with Crippen LogP contribution in [0.1, 0.15) is 13.3 Å². The van der Waals surface area contributed by atoms with Crippen molar-refractivity contribution in [3.63, 3.8) is 0 Å². The van der Waals surface area contributed by atoms with Gasteiger partial charge in [-0.1, -0.05) is 46.7 Å². The van der Waals surface area contributed by atoms with E-state index in [0.717, 1.165) is 10.0 Å². The molecule has 134 valence electrons. The van der Waals surface area contributed by atoms with Crippen LogP contribution in [0.25, 0.3) is 11.4 Å². The van der Waals surface area contributed by atoms with Gasteiger partial charge in [-0.15, -0.1) is 5.10 Å². The number of halogens is 2. The number of nitrogens with zero attached hydrogens (tertiary/aromatic N) is 2. The molecule has 0 unspecified atom stereocenters. The first-order valence-corrected chi connectivity index (χ1v) is 9.64. The summed E-state index contributed by atoms with van der Waals surface area (Å²) < 4.78 is 13.9. The van der Waals surface area contributed by atoms with Crippen molar-refractivity contribution in [2.45, 2.75) is 23.8 Å². The van der Waals surface area contributed by atoms with Gasteiger partial charge in [0.05, 0.1) is 5.25 Å². The third kappa shape index (κ3) is 4.70. The van der Waals surface area contributed by atoms with Gasteiger partial charge in [-0.2, -0.15) is 0 Å². The maximum Gasteiger partial charge on any atom is 0.237 e. The number of hydrogen-bond donors (Lipinski definition) is 2. The number of amides is 1. The Morgan fingerprint density at radius 3 is 2.58 bits per heavy atom. The van der Waals surface area contributed by atoms with Crippen LogP contribution in [-0.2, 0) is 4.79 Å². The van der Waals surface area contributed by atoms with E-state index in [1.54, 1.807) is 0 Å². The molecule has 3 rings (SSSR count). The van der Waals surface area contributed by atoms with E-state index in [1.165, 1.54) is 36.0 Å². The molecule has 1 amide bonds. The first kappa shape index (κ1) is 18.6. The lowest BCUT2D eigenvalue weighted by Crippen LogP contribution is -2.24. The lowest BCUT2D eigenvalue weighted by atomic mass is 10.2. The van der Waals surface area contributed by atoms with Crippen molar-refractivity contribution < 1.29 is 9.18 Å². The Labute approximate surface area is 162 Å². The number of rotatable bonds is 6. The summed E-state index contributed by atoms with van der Waals surface area (Å²) in [6.07, 6.45) is 0.611. The van der Waals surface area contributed by atoms with Crippen molar-refractivity contribution >= 4 is 39.3 Å². The van der Waals surface area contributed by atoms with Crippen LogP contribution in [0.2, 0.25) is 0 Å². The molecule has 2 aromatic carbocycles. The molecule has 0 saturated carbocycles. The summed E-state index contributed by atoms with van der Waals surface area (Å²) in [5.74, 6) is 0.138. The molecule has 0 radical (unpaired) electrons. The monoisotopic (exact) mass is 434 g/mol. The fourth-order valence-corrected chi connectivity index (χ4v) is 3.34. The van der Waals surface area contributed by atoms with Gasteiger partial charge in [-0.3, -0.25) is 9.89 Å². The number of nitrogens with one attached hydrogen (secondary N) is 2. The minimum absolute atomic E-state index is 0.168. The maximum absolute atomic E-state index is 13.0. The second kappa shape index (κ2) is 8.46. The Morgan fingerprint density at radius 1 is 1.23 bits per heavy atom. The minimum atomic E-state index is -0.353. The van der Waals surface area contributed by atoms with E-state index in [4.69, 9.17) is 0 Å². The SMILES string of the molecule is CC[C@H](Sc1n[nH]c(-c2ccc(Br)cc2)n1)C(=O)Nc1ccc(F)cc1. The highest BCUT2D eigenvalue weighted by molar-refractivity contribution is 9.10. The highest BCUT2D eigenvalue weighted by Crippen LogP contribution is 2.26. The lowest BCUT2D eigenvalue weighted by molar-refractivity contribution is -0.115. The van der Waals surface area contributed by atoms with Gasteiger partial charge < -0.3 is 5.32 Å². The normalized spacial score (nSPS) is 12.0. The number of H-pyrrole nitrogens is 1. The molecule has 8 heteroatoms. The third-order valence-electron chi connectivity index (χ3n) is 3.61. The van der Waals surface area contributed by atoms with Crippen LogP contribution in [-0.4, -0.2) is 26.3 Å². The molecular formula is C18H16BrFN4OS. The molecule has 1 heterocycles. The zero-order chi connectivity index (χ0) is 18.5. The molecule has 1 atom stereocenters. The Morgan fingerprint density at radius 2 is 1.92 bits per heavy atom. The van der Waals surface area contributed by atoms with Gasteiger partial charge in [-0.05, 0) is 42.8 Å². The zero-order valence-corrected chi connectivity index (χ0v) is 16.3. The largest absolute Gasteiger partial charge is 0.325 e. The van der Waals surface area contributed by atoms with Gasteiger partial charge in [0, 0.05) is 15.7 Å². The molecule has 0 bridgehead atoms. The summed E-state index contributed by atoms with van der Waals surface area (Å²) in [4.78, 5) is 16.9. The van der Waals surface area contributed by atoms with Crippen LogP contribution in [0, 0.1) is 5.82 Å². The number of hydrogen-bond acceptors (Lipinski definition) is 4. The summed E-state index contributed by atoms with van der Waals surface area (Å²) in [6.45, 7) is 1.92. The highest BCUT2D eigenvalue weighted by atomic mass is 79.9. The summed E-state index contributed by atoms with van der Waals surface area (Å²) in [6, 6.07) is 13.4. The molecule has 0 saturated heterocycles. The van der Waals surface area contributed by atoms with Gasteiger partial charge in [0.15, 0.2) is 5.82 Å². The number of carbonyl (C=O) groups is 1. The quantitative estimate of drug-likeness (QED) is 0.542. The zero-order valence-electron chi connectivity index (χ0n) is 13.9. The van der Waals surface area contributed by atoms with Crippen molar-refractivity contribution in [2.24, 2.45) is 0 Å². The minimum Gasteiger partial charge on any atom is -0.325 e. The van der Waals surface area contributed by atoms with Crippen LogP contribution < -0.4 is 5.32 Å². The second-order valence-corrected chi connectivity index (χ2v) is 7.57. The predicted octanol–water partition coefficient (Wildman–Crippen LogP) is 4.88. The van der Waals surface area contributed by atoms with Crippen LogP contribution in [0.15, 0.2) is 58.2 Å². The molecular weight excluding hydrogens is 419 g/mol. The van der Waals surface area contributed by atoms with Crippen LogP contribution >= 0.6 is 27.7 Å². The Bertz CT molecular complexity index is 883. The number of thioether (sulfide) groups is 1. The van der Waals surface area contributed by atoms with E-state index >= 15 is 0 Å². The number of carbonyl (C=O) groups excluding carboxylic acids is 1. The first-order valence-electron chi connectivity index (χ1n) is 7.96. The average Bonchev–Trinajstić information content (AvgIpc) is 3.11. The van der Waals surface area contributed by atoms with E-state index in [9.17, 15) is 9.18 Å². The fourth-order valence-electron chi connectivity index (χ4n) is 2.24. The Balaban J connectivity index is 1.67. The molecule has 0 spiro atoms. The van der Waals surface area contributed by atoms with Crippen molar-refractivity contribution in [3.8, 4) is 11.4 Å². The van der Waals surface area contributed by atoms with Gasteiger partial charge in [0.25, 0.3) is 0 Å². The molecule has 1 aromatic heterocycles.